The lowest BCUT2D eigenvalue weighted by atomic mass is 10.2. The van der Waals surface area contributed by atoms with Gasteiger partial charge in [0, 0.05) is 60.0 Å². The Hall–Kier alpha value is -2.99. The van der Waals surface area contributed by atoms with Gasteiger partial charge in [-0.2, -0.15) is 0 Å². The summed E-state index contributed by atoms with van der Waals surface area (Å²) in [5.74, 6) is 0. The molecule has 0 aliphatic rings. The summed E-state index contributed by atoms with van der Waals surface area (Å²) in [6, 6.07) is 28.6. The molecule has 0 radical (unpaired) electrons. The van der Waals surface area contributed by atoms with Gasteiger partial charge in [-0.15, -0.1) is 0 Å². The van der Waals surface area contributed by atoms with Gasteiger partial charge >= 0.3 is 0 Å². The van der Waals surface area contributed by atoms with Crippen molar-refractivity contribution in [1.29, 1.82) is 0 Å². The molecule has 4 aromatic rings. The summed E-state index contributed by atoms with van der Waals surface area (Å²) in [5.41, 5.74) is 5.54. The lowest BCUT2D eigenvalue weighted by Gasteiger charge is -2.28. The van der Waals surface area contributed by atoms with Crippen LogP contribution in [0.4, 0.5) is 11.4 Å². The number of aromatic nitrogens is 1. The second-order valence-corrected chi connectivity index (χ2v) is 10.4. The Kier molecular flexibility index (Phi) is 9.51. The van der Waals surface area contributed by atoms with Crippen LogP contribution in [0.2, 0.25) is 10.0 Å². The minimum absolute atomic E-state index is 0.682. The quantitative estimate of drug-likeness (QED) is 0.203. The first-order chi connectivity index (χ1) is 17.9. The van der Waals surface area contributed by atoms with Gasteiger partial charge in [0.15, 0.2) is 5.11 Å². The molecule has 37 heavy (non-hydrogen) atoms. The molecule has 0 fully saturated rings. The molecule has 1 heterocycles. The van der Waals surface area contributed by atoms with E-state index in [1.165, 1.54) is 16.9 Å². The Balaban J connectivity index is 1.47. The number of aryl methyl sites for hydroxylation is 1. The molecule has 0 bridgehead atoms. The van der Waals surface area contributed by atoms with Crippen LogP contribution in [0.1, 0.15) is 23.2 Å². The monoisotopic (exact) mass is 550 g/mol. The summed E-state index contributed by atoms with van der Waals surface area (Å²) in [6.45, 7) is 5.20. The molecule has 0 spiro atoms. The highest BCUT2D eigenvalue weighted by molar-refractivity contribution is 7.80. The van der Waals surface area contributed by atoms with Gasteiger partial charge in [0.2, 0.25) is 0 Å². The summed E-state index contributed by atoms with van der Waals surface area (Å²) in [4.78, 5) is 4.51. The summed E-state index contributed by atoms with van der Waals surface area (Å²) in [7, 11) is 2.13. The van der Waals surface area contributed by atoms with Crippen LogP contribution >= 0.6 is 35.4 Å². The van der Waals surface area contributed by atoms with Gasteiger partial charge in [0.1, 0.15) is 0 Å². The number of nitrogens with zero attached hydrogens (tertiary/aromatic N) is 3. The van der Waals surface area contributed by atoms with E-state index in [-0.39, 0.29) is 0 Å². The summed E-state index contributed by atoms with van der Waals surface area (Å²) in [5, 5.41) is 5.55. The van der Waals surface area contributed by atoms with E-state index in [0.717, 1.165) is 47.4 Å². The van der Waals surface area contributed by atoms with Crippen LogP contribution in [0.3, 0.4) is 0 Å². The fraction of sp³-hybridized carbons (Fsp3) is 0.233. The Morgan fingerprint density at radius 2 is 1.68 bits per heavy atom. The van der Waals surface area contributed by atoms with Crippen molar-refractivity contribution in [2.75, 3.05) is 30.4 Å². The third-order valence-electron chi connectivity index (χ3n) is 6.37. The first kappa shape index (κ1) is 27.1. The van der Waals surface area contributed by atoms with Crippen molar-refractivity contribution < 1.29 is 0 Å². The highest BCUT2D eigenvalue weighted by atomic mass is 35.5. The van der Waals surface area contributed by atoms with Crippen molar-refractivity contribution in [3.63, 3.8) is 0 Å². The molecule has 0 aliphatic carbocycles. The van der Waals surface area contributed by atoms with Crippen LogP contribution in [-0.4, -0.2) is 34.7 Å². The van der Waals surface area contributed by atoms with Gasteiger partial charge in [0.25, 0.3) is 0 Å². The molecule has 4 nitrogen and oxygen atoms in total. The number of hydrogen-bond donors (Lipinski definition) is 1. The van der Waals surface area contributed by atoms with E-state index < -0.39 is 0 Å². The summed E-state index contributed by atoms with van der Waals surface area (Å²) < 4.78 is 2.26. The number of halogens is 2. The number of para-hydroxylation sites is 1. The number of benzene rings is 3. The largest absolute Gasteiger partial charge is 0.375 e. The Labute approximate surface area is 235 Å². The third-order valence-corrected chi connectivity index (χ3v) is 7.39. The maximum absolute atomic E-state index is 6.36. The van der Waals surface area contributed by atoms with Crippen molar-refractivity contribution in [3.8, 4) is 0 Å². The topological polar surface area (TPSA) is 23.4 Å². The molecule has 192 valence electrons. The predicted molar refractivity (Wildman–Crippen MR) is 162 cm³/mol. The van der Waals surface area contributed by atoms with Crippen LogP contribution in [0.5, 0.6) is 0 Å². The van der Waals surface area contributed by atoms with Gasteiger partial charge in [0.05, 0.1) is 6.54 Å². The molecule has 1 N–H and O–H groups in total. The number of hydrogen-bond acceptors (Lipinski definition) is 2. The Bertz CT molecular complexity index is 1300. The molecule has 7 heteroatoms. The normalized spacial score (nSPS) is 10.8. The molecule has 0 amide bonds. The molecular formula is C30H32Cl2N4S. The summed E-state index contributed by atoms with van der Waals surface area (Å²) >= 11 is 18.3. The fourth-order valence-corrected chi connectivity index (χ4v) is 4.75. The average molecular weight is 552 g/mol. The van der Waals surface area contributed by atoms with E-state index in [1.54, 1.807) is 0 Å². The van der Waals surface area contributed by atoms with E-state index in [2.05, 4.69) is 81.5 Å². The second kappa shape index (κ2) is 13.0. The van der Waals surface area contributed by atoms with Gasteiger partial charge in [-0.1, -0.05) is 59.6 Å². The smallest absolute Gasteiger partial charge is 0.173 e. The van der Waals surface area contributed by atoms with Crippen molar-refractivity contribution >= 4 is 51.9 Å². The number of nitrogens with one attached hydrogen (secondary N) is 1. The molecule has 4 rings (SSSR count). The number of anilines is 2. The standard InChI is InChI=1S/C30H32Cl2N4S/c1-23-11-16-26(20-29(23)32)33-30(37)36(19-7-17-34(2)27-8-4-3-5-9-27)22-28-10-6-18-35(28)21-24-12-14-25(31)15-13-24/h3-6,8-16,18,20H,7,17,19,21-22H2,1-2H3,(H,33,37). The van der Waals surface area contributed by atoms with Gasteiger partial charge in [-0.25, -0.2) is 0 Å². The predicted octanol–water partition coefficient (Wildman–Crippen LogP) is 7.88. The zero-order valence-corrected chi connectivity index (χ0v) is 23.5. The van der Waals surface area contributed by atoms with Gasteiger partial charge < -0.3 is 19.7 Å². The first-order valence-corrected chi connectivity index (χ1v) is 13.5. The molecule has 1 aromatic heterocycles. The zero-order valence-electron chi connectivity index (χ0n) is 21.2. The van der Waals surface area contributed by atoms with E-state index in [9.17, 15) is 0 Å². The zero-order chi connectivity index (χ0) is 26.2. The molecule has 0 saturated carbocycles. The Morgan fingerprint density at radius 1 is 0.919 bits per heavy atom. The fourth-order valence-electron chi connectivity index (χ4n) is 4.17. The van der Waals surface area contributed by atoms with E-state index in [0.29, 0.717) is 11.7 Å². The highest BCUT2D eigenvalue weighted by Gasteiger charge is 2.14. The van der Waals surface area contributed by atoms with Crippen LogP contribution in [0.25, 0.3) is 0 Å². The molecular weight excluding hydrogens is 519 g/mol. The lowest BCUT2D eigenvalue weighted by molar-refractivity contribution is 0.399. The number of thiocarbonyl (C=S) groups is 1. The first-order valence-electron chi connectivity index (χ1n) is 12.4. The van der Waals surface area contributed by atoms with Crippen LogP contribution in [-0.2, 0) is 13.1 Å². The van der Waals surface area contributed by atoms with Crippen LogP contribution in [0, 0.1) is 6.92 Å². The highest BCUT2D eigenvalue weighted by Crippen LogP contribution is 2.21. The van der Waals surface area contributed by atoms with Crippen molar-refractivity contribution in [2.24, 2.45) is 0 Å². The van der Waals surface area contributed by atoms with Gasteiger partial charge in [-0.05, 0) is 85.2 Å². The van der Waals surface area contributed by atoms with Crippen molar-refractivity contribution in [2.45, 2.75) is 26.4 Å². The summed E-state index contributed by atoms with van der Waals surface area (Å²) in [6.07, 6.45) is 3.07. The van der Waals surface area contributed by atoms with E-state index in [1.807, 2.05) is 43.3 Å². The van der Waals surface area contributed by atoms with Crippen molar-refractivity contribution in [3.05, 3.63) is 118 Å². The number of rotatable bonds is 10. The SMILES string of the molecule is Cc1ccc(NC(=S)N(CCCN(C)c2ccccc2)Cc2cccn2Cc2ccc(Cl)cc2)cc1Cl. The minimum atomic E-state index is 0.682. The Morgan fingerprint density at radius 3 is 2.41 bits per heavy atom. The van der Waals surface area contributed by atoms with Crippen molar-refractivity contribution in [1.82, 2.24) is 9.47 Å². The molecule has 3 aromatic carbocycles. The van der Waals surface area contributed by atoms with E-state index in [4.69, 9.17) is 35.4 Å². The maximum atomic E-state index is 6.36. The molecule has 0 saturated heterocycles. The molecule has 0 unspecified atom stereocenters. The second-order valence-electron chi connectivity index (χ2n) is 9.18. The van der Waals surface area contributed by atoms with Crippen LogP contribution in [0.15, 0.2) is 91.1 Å². The van der Waals surface area contributed by atoms with Gasteiger partial charge in [-0.3, -0.25) is 0 Å². The molecule has 0 aliphatic heterocycles. The van der Waals surface area contributed by atoms with Crippen LogP contribution < -0.4 is 10.2 Å². The lowest BCUT2D eigenvalue weighted by Crippen LogP contribution is -2.37. The minimum Gasteiger partial charge on any atom is -0.375 e. The average Bonchev–Trinajstić information content (AvgIpc) is 3.33. The molecule has 0 atom stereocenters. The maximum Gasteiger partial charge on any atom is 0.173 e. The van der Waals surface area contributed by atoms with E-state index >= 15 is 0 Å². The third kappa shape index (κ3) is 7.75.